The zero-order valence-electron chi connectivity index (χ0n) is 15.0. The molecule has 0 saturated heterocycles. The maximum atomic E-state index is 12.8. The third-order valence-corrected chi connectivity index (χ3v) is 4.76. The van der Waals surface area contributed by atoms with Gasteiger partial charge in [0, 0.05) is 11.3 Å². The lowest BCUT2D eigenvalue weighted by Gasteiger charge is -2.11. The average molecular weight is 389 g/mol. The van der Waals surface area contributed by atoms with Crippen LogP contribution in [-0.2, 0) is 14.3 Å². The molecule has 0 aliphatic rings. The van der Waals surface area contributed by atoms with E-state index in [1.165, 1.54) is 24.3 Å². The molecule has 0 aromatic heterocycles. The quantitative estimate of drug-likeness (QED) is 0.551. The number of ether oxygens (including phenoxy) is 1. The Labute approximate surface area is 161 Å². The molecule has 1 atom stereocenters. The molecule has 1 amide bonds. The summed E-state index contributed by atoms with van der Waals surface area (Å²) >= 11 is 1.09. The van der Waals surface area contributed by atoms with Crippen LogP contribution in [-0.4, -0.2) is 35.3 Å². The fourth-order valence-corrected chi connectivity index (χ4v) is 2.75. The lowest BCUT2D eigenvalue weighted by molar-refractivity contribution is -0.141. The number of anilines is 1. The van der Waals surface area contributed by atoms with Crippen molar-refractivity contribution in [3.63, 3.8) is 0 Å². The highest BCUT2D eigenvalue weighted by molar-refractivity contribution is 8.01. The van der Waals surface area contributed by atoms with Crippen LogP contribution in [0.3, 0.4) is 0 Å². The molecule has 0 aliphatic heterocycles. The van der Waals surface area contributed by atoms with Crippen molar-refractivity contribution >= 4 is 35.1 Å². The van der Waals surface area contributed by atoms with Crippen molar-refractivity contribution in [2.45, 2.75) is 19.1 Å². The number of carbonyl (C=O) groups excluding carboxylic acids is 3. The first-order valence-corrected chi connectivity index (χ1v) is 9.33. The van der Waals surface area contributed by atoms with E-state index in [-0.39, 0.29) is 29.9 Å². The summed E-state index contributed by atoms with van der Waals surface area (Å²) in [4.78, 5) is 35.8. The first-order valence-electron chi connectivity index (χ1n) is 8.28. The highest BCUT2D eigenvalue weighted by Crippen LogP contribution is 2.14. The molecule has 2 aromatic rings. The molecule has 0 radical (unpaired) electrons. The maximum absolute atomic E-state index is 12.8. The van der Waals surface area contributed by atoms with Gasteiger partial charge in [0.1, 0.15) is 11.1 Å². The maximum Gasteiger partial charge on any atom is 0.319 e. The highest BCUT2D eigenvalue weighted by atomic mass is 32.2. The molecule has 7 heteroatoms. The van der Waals surface area contributed by atoms with E-state index in [1.54, 1.807) is 19.1 Å². The number of benzene rings is 2. The minimum atomic E-state index is -0.602. The summed E-state index contributed by atoms with van der Waals surface area (Å²) in [6.07, 6.45) is 0. The van der Waals surface area contributed by atoms with E-state index in [0.717, 1.165) is 17.3 Å². The molecule has 2 aromatic carbocycles. The van der Waals surface area contributed by atoms with Gasteiger partial charge >= 0.3 is 5.97 Å². The van der Waals surface area contributed by atoms with E-state index < -0.39 is 11.2 Å². The van der Waals surface area contributed by atoms with Gasteiger partial charge in [-0.2, -0.15) is 0 Å². The summed E-state index contributed by atoms with van der Waals surface area (Å²) in [5.41, 5.74) is 1.99. The van der Waals surface area contributed by atoms with Gasteiger partial charge < -0.3 is 10.1 Å². The normalized spacial score (nSPS) is 11.5. The Morgan fingerprint density at radius 3 is 2.33 bits per heavy atom. The van der Waals surface area contributed by atoms with E-state index in [9.17, 15) is 18.8 Å². The predicted molar refractivity (Wildman–Crippen MR) is 103 cm³/mol. The van der Waals surface area contributed by atoms with Crippen LogP contribution >= 0.6 is 11.8 Å². The third-order valence-electron chi connectivity index (χ3n) is 3.64. The number of Topliss-reactive ketones (excluding diaryl/α,β-unsaturated/α-hetero) is 1. The van der Waals surface area contributed by atoms with Crippen molar-refractivity contribution in [1.29, 1.82) is 0 Å². The van der Waals surface area contributed by atoms with Crippen LogP contribution in [0.1, 0.15) is 22.8 Å². The molecule has 0 bridgehead atoms. The fourth-order valence-electron chi connectivity index (χ4n) is 2.08. The minimum Gasteiger partial charge on any atom is -0.456 e. The molecule has 27 heavy (non-hydrogen) atoms. The molecular formula is C20H20FNO4S. The van der Waals surface area contributed by atoms with E-state index in [1.807, 2.05) is 19.1 Å². The second-order valence-electron chi connectivity index (χ2n) is 5.91. The topological polar surface area (TPSA) is 72.5 Å². The number of thioether (sulfide) groups is 1. The monoisotopic (exact) mass is 389 g/mol. The summed E-state index contributed by atoms with van der Waals surface area (Å²) in [5.74, 6) is -1.52. The zero-order chi connectivity index (χ0) is 19.8. The highest BCUT2D eigenvalue weighted by Gasteiger charge is 2.18. The molecule has 2 rings (SSSR count). The van der Waals surface area contributed by atoms with E-state index in [4.69, 9.17) is 4.74 Å². The van der Waals surface area contributed by atoms with Gasteiger partial charge in [-0.15, -0.1) is 11.8 Å². The van der Waals surface area contributed by atoms with Crippen LogP contribution in [0, 0.1) is 12.7 Å². The van der Waals surface area contributed by atoms with Crippen LogP contribution in [0.2, 0.25) is 0 Å². The van der Waals surface area contributed by atoms with Crippen LogP contribution < -0.4 is 5.32 Å². The molecule has 0 heterocycles. The molecule has 5 nitrogen and oxygen atoms in total. The Morgan fingerprint density at radius 1 is 1.07 bits per heavy atom. The van der Waals surface area contributed by atoms with Gasteiger partial charge in [-0.1, -0.05) is 29.8 Å². The lowest BCUT2D eigenvalue weighted by Crippen LogP contribution is -2.23. The summed E-state index contributed by atoms with van der Waals surface area (Å²) in [6.45, 7) is 3.18. The Morgan fingerprint density at radius 2 is 1.70 bits per heavy atom. The van der Waals surface area contributed by atoms with Crippen molar-refractivity contribution in [1.82, 2.24) is 0 Å². The number of esters is 1. The van der Waals surface area contributed by atoms with Gasteiger partial charge in [-0.3, -0.25) is 14.4 Å². The number of aryl methyl sites for hydroxylation is 1. The minimum absolute atomic E-state index is 0.0273. The Bertz CT molecular complexity index is 806. The second kappa shape index (κ2) is 9.87. The van der Waals surface area contributed by atoms with Gasteiger partial charge in [0.15, 0.2) is 12.4 Å². The van der Waals surface area contributed by atoms with Crippen molar-refractivity contribution < 1.29 is 23.5 Å². The van der Waals surface area contributed by atoms with Crippen molar-refractivity contribution in [3.05, 3.63) is 65.5 Å². The Kier molecular flexibility index (Phi) is 7.55. The van der Waals surface area contributed by atoms with Gasteiger partial charge in [-0.25, -0.2) is 4.39 Å². The predicted octanol–water partition coefficient (Wildman–Crippen LogP) is 3.62. The van der Waals surface area contributed by atoms with Crippen LogP contribution in [0.25, 0.3) is 0 Å². The van der Waals surface area contributed by atoms with Crippen LogP contribution in [0.5, 0.6) is 0 Å². The number of nitrogens with one attached hydrogen (secondary N) is 1. The van der Waals surface area contributed by atoms with E-state index >= 15 is 0 Å². The molecule has 0 spiro atoms. The molecule has 0 aliphatic carbocycles. The molecule has 1 N–H and O–H groups in total. The number of hydrogen-bond acceptors (Lipinski definition) is 5. The van der Waals surface area contributed by atoms with Crippen LogP contribution in [0.4, 0.5) is 10.1 Å². The number of halogens is 1. The summed E-state index contributed by atoms with van der Waals surface area (Å²) in [6, 6.07) is 12.4. The lowest BCUT2D eigenvalue weighted by atomic mass is 10.1. The molecule has 0 saturated carbocycles. The molecule has 1 unspecified atom stereocenters. The van der Waals surface area contributed by atoms with Crippen molar-refractivity contribution in [2.24, 2.45) is 0 Å². The summed E-state index contributed by atoms with van der Waals surface area (Å²) < 4.78 is 17.9. The summed E-state index contributed by atoms with van der Waals surface area (Å²) in [5, 5.41) is 2.00. The van der Waals surface area contributed by atoms with Crippen molar-refractivity contribution in [2.75, 3.05) is 17.7 Å². The van der Waals surface area contributed by atoms with Gasteiger partial charge in [0.25, 0.3) is 0 Å². The number of ketones is 1. The smallest absolute Gasteiger partial charge is 0.319 e. The number of hydrogen-bond donors (Lipinski definition) is 1. The number of rotatable bonds is 8. The van der Waals surface area contributed by atoms with E-state index in [2.05, 4.69) is 5.32 Å². The first kappa shape index (κ1) is 20.6. The zero-order valence-corrected chi connectivity index (χ0v) is 15.8. The Balaban J connectivity index is 1.73. The van der Waals surface area contributed by atoms with Gasteiger partial charge in [0.05, 0.1) is 5.75 Å². The fraction of sp³-hybridized carbons (Fsp3) is 0.250. The van der Waals surface area contributed by atoms with Crippen molar-refractivity contribution in [3.8, 4) is 0 Å². The largest absolute Gasteiger partial charge is 0.456 e. The number of carbonyl (C=O) groups is 3. The molecule has 142 valence electrons. The Hall–Kier alpha value is -2.67. The van der Waals surface area contributed by atoms with E-state index in [0.29, 0.717) is 11.3 Å². The number of amides is 1. The second-order valence-corrected chi connectivity index (χ2v) is 7.23. The standard InChI is InChI=1S/C20H20FNO4S/c1-13-3-5-15(6-4-13)18(23)11-26-20(25)14(2)27-12-19(24)22-17-9-7-16(21)8-10-17/h3-10,14H,11-12H2,1-2H3,(H,22,24). The van der Waals surface area contributed by atoms with Crippen LogP contribution in [0.15, 0.2) is 48.5 Å². The third kappa shape index (κ3) is 6.86. The SMILES string of the molecule is Cc1ccc(C(=O)COC(=O)C(C)SCC(=O)Nc2ccc(F)cc2)cc1. The first-order chi connectivity index (χ1) is 12.8. The average Bonchev–Trinajstić information content (AvgIpc) is 2.66. The molecule has 0 fully saturated rings. The molecular weight excluding hydrogens is 369 g/mol. The van der Waals surface area contributed by atoms with Gasteiger partial charge in [0.2, 0.25) is 5.91 Å². The summed E-state index contributed by atoms with van der Waals surface area (Å²) in [7, 11) is 0. The van der Waals surface area contributed by atoms with Gasteiger partial charge in [-0.05, 0) is 38.1 Å².